The normalized spacial score (nSPS) is 17.4. The minimum Gasteiger partial charge on any atom is -0.466 e. The summed E-state index contributed by atoms with van der Waals surface area (Å²) in [7, 11) is 0. The molecule has 130 valence electrons. The molecule has 1 aromatic carbocycles. The van der Waals surface area contributed by atoms with E-state index in [9.17, 15) is 14.4 Å². The maximum absolute atomic E-state index is 12.3. The SMILES string of the molecule is CCOC(=O)C1CCCN(C(=O)CCC(=O)c2ccc(Cl)cc2)C1. The molecule has 0 bridgehead atoms. The van der Waals surface area contributed by atoms with Gasteiger partial charge in [-0.2, -0.15) is 0 Å². The van der Waals surface area contributed by atoms with Crippen molar-refractivity contribution in [1.29, 1.82) is 0 Å². The lowest BCUT2D eigenvalue weighted by Crippen LogP contribution is -2.42. The number of amides is 1. The molecule has 1 heterocycles. The number of ether oxygens (including phenoxy) is 1. The number of carbonyl (C=O) groups excluding carboxylic acids is 3. The standard InChI is InChI=1S/C18H22ClNO4/c1-2-24-18(23)14-4-3-11-20(12-14)17(22)10-9-16(21)13-5-7-15(19)8-6-13/h5-8,14H,2-4,9-12H2,1H3. The highest BCUT2D eigenvalue weighted by atomic mass is 35.5. The highest BCUT2D eigenvalue weighted by molar-refractivity contribution is 6.30. The Kier molecular flexibility index (Phi) is 6.79. The third-order valence-corrected chi connectivity index (χ3v) is 4.38. The van der Waals surface area contributed by atoms with Crippen molar-refractivity contribution in [3.05, 3.63) is 34.9 Å². The van der Waals surface area contributed by atoms with Gasteiger partial charge in [-0.3, -0.25) is 14.4 Å². The van der Waals surface area contributed by atoms with Crippen LogP contribution in [-0.4, -0.2) is 42.3 Å². The van der Waals surface area contributed by atoms with Crippen molar-refractivity contribution < 1.29 is 19.1 Å². The molecule has 0 saturated carbocycles. The quantitative estimate of drug-likeness (QED) is 0.583. The zero-order valence-electron chi connectivity index (χ0n) is 13.8. The van der Waals surface area contributed by atoms with Gasteiger partial charge in [0.1, 0.15) is 0 Å². The molecule has 1 unspecified atom stereocenters. The molecule has 0 spiro atoms. The van der Waals surface area contributed by atoms with E-state index in [1.54, 1.807) is 36.1 Å². The highest BCUT2D eigenvalue weighted by Crippen LogP contribution is 2.19. The molecule has 6 heteroatoms. The van der Waals surface area contributed by atoms with E-state index in [1.807, 2.05) is 0 Å². The summed E-state index contributed by atoms with van der Waals surface area (Å²) in [5, 5.41) is 0.570. The molecular weight excluding hydrogens is 330 g/mol. The van der Waals surface area contributed by atoms with Crippen LogP contribution in [0.2, 0.25) is 5.02 Å². The van der Waals surface area contributed by atoms with Gasteiger partial charge in [0.05, 0.1) is 12.5 Å². The third kappa shape index (κ3) is 5.06. The van der Waals surface area contributed by atoms with Crippen LogP contribution in [0.25, 0.3) is 0 Å². The molecule has 2 rings (SSSR count). The van der Waals surface area contributed by atoms with Gasteiger partial charge in [-0.1, -0.05) is 11.6 Å². The summed E-state index contributed by atoms with van der Waals surface area (Å²) >= 11 is 5.80. The topological polar surface area (TPSA) is 63.7 Å². The Balaban J connectivity index is 1.84. The Morgan fingerprint density at radius 3 is 2.58 bits per heavy atom. The Morgan fingerprint density at radius 2 is 1.92 bits per heavy atom. The molecule has 1 fully saturated rings. The summed E-state index contributed by atoms with van der Waals surface area (Å²) in [5.74, 6) is -0.674. The van der Waals surface area contributed by atoms with Crippen LogP contribution in [0.1, 0.15) is 43.0 Å². The van der Waals surface area contributed by atoms with E-state index in [0.717, 1.165) is 12.8 Å². The highest BCUT2D eigenvalue weighted by Gasteiger charge is 2.29. The summed E-state index contributed by atoms with van der Waals surface area (Å²) in [5.41, 5.74) is 0.551. The van der Waals surface area contributed by atoms with Crippen molar-refractivity contribution in [2.45, 2.75) is 32.6 Å². The molecule has 1 saturated heterocycles. The maximum atomic E-state index is 12.3. The smallest absolute Gasteiger partial charge is 0.310 e. The molecule has 1 atom stereocenters. The number of carbonyl (C=O) groups is 3. The number of benzene rings is 1. The van der Waals surface area contributed by atoms with E-state index < -0.39 is 0 Å². The minimum atomic E-state index is -0.255. The maximum Gasteiger partial charge on any atom is 0.310 e. The van der Waals surface area contributed by atoms with Gasteiger partial charge in [0, 0.05) is 36.5 Å². The van der Waals surface area contributed by atoms with Crippen molar-refractivity contribution in [1.82, 2.24) is 4.90 Å². The van der Waals surface area contributed by atoms with Crippen LogP contribution in [0.3, 0.4) is 0 Å². The van der Waals surface area contributed by atoms with E-state index in [-0.39, 0.29) is 36.4 Å². The zero-order chi connectivity index (χ0) is 17.5. The lowest BCUT2D eigenvalue weighted by molar-refractivity contribution is -0.151. The van der Waals surface area contributed by atoms with Gasteiger partial charge in [-0.05, 0) is 44.0 Å². The van der Waals surface area contributed by atoms with Crippen molar-refractivity contribution >= 4 is 29.3 Å². The average Bonchev–Trinajstić information content (AvgIpc) is 2.60. The lowest BCUT2D eigenvalue weighted by atomic mass is 9.97. The Bertz CT molecular complexity index is 600. The van der Waals surface area contributed by atoms with Gasteiger partial charge >= 0.3 is 5.97 Å². The predicted molar refractivity (Wildman–Crippen MR) is 91.0 cm³/mol. The molecule has 0 N–H and O–H groups in total. The van der Waals surface area contributed by atoms with Gasteiger partial charge in [0.2, 0.25) is 5.91 Å². The molecule has 0 aromatic heterocycles. The van der Waals surface area contributed by atoms with Crippen molar-refractivity contribution in [2.75, 3.05) is 19.7 Å². The van der Waals surface area contributed by atoms with Crippen LogP contribution in [0.4, 0.5) is 0 Å². The summed E-state index contributed by atoms with van der Waals surface area (Å²) in [6.07, 6.45) is 1.82. The van der Waals surface area contributed by atoms with Gasteiger partial charge in [0.15, 0.2) is 5.78 Å². The fraction of sp³-hybridized carbons (Fsp3) is 0.500. The summed E-state index contributed by atoms with van der Waals surface area (Å²) in [4.78, 5) is 37.9. The number of likely N-dealkylation sites (tertiary alicyclic amines) is 1. The van der Waals surface area contributed by atoms with Gasteiger partial charge in [0.25, 0.3) is 0 Å². The van der Waals surface area contributed by atoms with Gasteiger partial charge < -0.3 is 9.64 Å². The largest absolute Gasteiger partial charge is 0.466 e. The first-order valence-corrected chi connectivity index (χ1v) is 8.62. The fourth-order valence-corrected chi connectivity index (χ4v) is 2.94. The van der Waals surface area contributed by atoms with Crippen LogP contribution in [0.15, 0.2) is 24.3 Å². The van der Waals surface area contributed by atoms with Gasteiger partial charge in [-0.15, -0.1) is 0 Å². The van der Waals surface area contributed by atoms with Crippen molar-refractivity contribution in [3.63, 3.8) is 0 Å². The number of ketones is 1. The van der Waals surface area contributed by atoms with Crippen LogP contribution in [0, 0.1) is 5.92 Å². The third-order valence-electron chi connectivity index (χ3n) is 4.13. The second kappa shape index (κ2) is 8.83. The molecule has 24 heavy (non-hydrogen) atoms. The number of hydrogen-bond donors (Lipinski definition) is 0. The first kappa shape index (κ1) is 18.5. The number of rotatable bonds is 6. The second-order valence-electron chi connectivity index (χ2n) is 5.86. The first-order chi connectivity index (χ1) is 11.5. The van der Waals surface area contributed by atoms with E-state index in [0.29, 0.717) is 30.3 Å². The summed E-state index contributed by atoms with van der Waals surface area (Å²) < 4.78 is 5.03. The molecule has 5 nitrogen and oxygen atoms in total. The molecule has 1 aromatic rings. The molecular formula is C18H22ClNO4. The van der Waals surface area contributed by atoms with Crippen LogP contribution >= 0.6 is 11.6 Å². The molecule has 1 aliphatic heterocycles. The van der Waals surface area contributed by atoms with E-state index >= 15 is 0 Å². The predicted octanol–water partition coefficient (Wildman–Crippen LogP) is 3.10. The monoisotopic (exact) mass is 351 g/mol. The molecule has 0 aliphatic carbocycles. The van der Waals surface area contributed by atoms with Crippen molar-refractivity contribution in [2.24, 2.45) is 5.92 Å². The Hall–Kier alpha value is -1.88. The number of esters is 1. The number of hydrogen-bond acceptors (Lipinski definition) is 4. The van der Waals surface area contributed by atoms with E-state index in [1.165, 1.54) is 0 Å². The Labute approximate surface area is 146 Å². The van der Waals surface area contributed by atoms with Crippen LogP contribution < -0.4 is 0 Å². The number of Topliss-reactive ketones (excluding diaryl/α,β-unsaturated/α-hetero) is 1. The van der Waals surface area contributed by atoms with E-state index in [2.05, 4.69) is 0 Å². The lowest BCUT2D eigenvalue weighted by Gasteiger charge is -2.31. The minimum absolute atomic E-state index is 0.0843. The fourth-order valence-electron chi connectivity index (χ4n) is 2.81. The van der Waals surface area contributed by atoms with Crippen molar-refractivity contribution in [3.8, 4) is 0 Å². The second-order valence-corrected chi connectivity index (χ2v) is 6.30. The molecule has 0 radical (unpaired) electrons. The van der Waals surface area contributed by atoms with Crippen LogP contribution in [-0.2, 0) is 14.3 Å². The zero-order valence-corrected chi connectivity index (χ0v) is 14.6. The average molecular weight is 352 g/mol. The molecule has 1 aliphatic rings. The molecule has 1 amide bonds. The number of halogens is 1. The summed E-state index contributed by atoms with van der Waals surface area (Å²) in [6, 6.07) is 6.63. The van der Waals surface area contributed by atoms with E-state index in [4.69, 9.17) is 16.3 Å². The first-order valence-electron chi connectivity index (χ1n) is 8.24. The number of piperidine rings is 1. The van der Waals surface area contributed by atoms with Crippen LogP contribution in [0.5, 0.6) is 0 Å². The number of nitrogens with zero attached hydrogens (tertiary/aromatic N) is 1. The van der Waals surface area contributed by atoms with Gasteiger partial charge in [-0.25, -0.2) is 0 Å². The Morgan fingerprint density at radius 1 is 1.21 bits per heavy atom. The summed E-state index contributed by atoms with van der Waals surface area (Å²) in [6.45, 7) is 3.13.